The first-order valence-corrected chi connectivity index (χ1v) is 9.81. The normalized spacial score (nSPS) is 21.2. The summed E-state index contributed by atoms with van der Waals surface area (Å²) in [5.74, 6) is 0. The van der Waals surface area contributed by atoms with Gasteiger partial charge in [-0.3, -0.25) is 0 Å². The Balaban J connectivity index is 1.42. The molecule has 0 bridgehead atoms. The fourth-order valence-corrected chi connectivity index (χ4v) is 3.79. The minimum absolute atomic E-state index is 0.247. The predicted octanol–water partition coefficient (Wildman–Crippen LogP) is 2.30. The molecular weight excluding hydrogens is 304 g/mol. The van der Waals surface area contributed by atoms with Gasteiger partial charge in [0.2, 0.25) is 0 Å². The predicted molar refractivity (Wildman–Crippen MR) is 105 cm³/mol. The Hall–Kier alpha value is -1.64. The molecule has 0 amide bonds. The van der Waals surface area contributed by atoms with Crippen LogP contribution in [0.2, 0.25) is 0 Å². The summed E-state index contributed by atoms with van der Waals surface area (Å²) in [5.41, 5.74) is 4.59. The summed E-state index contributed by atoms with van der Waals surface area (Å²) in [4.78, 5) is 1.74. The molecule has 0 unspecified atom stereocenters. The molecule has 1 heterocycles. The Morgan fingerprint density at radius 2 is 1.52 bits per heavy atom. The molecule has 2 heteroatoms. The third-order valence-electron chi connectivity index (χ3n) is 5.54. The molecule has 2 aromatic carbocycles. The van der Waals surface area contributed by atoms with Crippen molar-refractivity contribution in [3.8, 4) is 0 Å². The van der Waals surface area contributed by atoms with Crippen molar-refractivity contribution in [1.29, 1.82) is 0 Å². The van der Waals surface area contributed by atoms with Crippen LogP contribution in [0.4, 0.5) is 0 Å². The Morgan fingerprint density at radius 3 is 2.12 bits per heavy atom. The third kappa shape index (κ3) is 5.42. The lowest BCUT2D eigenvalue weighted by atomic mass is 9.87. The van der Waals surface area contributed by atoms with Crippen LogP contribution in [0.5, 0.6) is 0 Å². The molecule has 0 aromatic heterocycles. The van der Waals surface area contributed by atoms with Crippen LogP contribution in [0.3, 0.4) is 0 Å². The summed E-state index contributed by atoms with van der Waals surface area (Å²) in [7, 11) is 0. The van der Waals surface area contributed by atoms with Gasteiger partial charge in [0.25, 0.3) is 0 Å². The molecule has 2 aromatic rings. The highest BCUT2D eigenvalue weighted by Gasteiger charge is 2.24. The largest absolute Gasteiger partial charge is 0.340 e. The van der Waals surface area contributed by atoms with E-state index in [2.05, 4.69) is 80.7 Å². The maximum atomic E-state index is 2.56. The van der Waals surface area contributed by atoms with Crippen LogP contribution in [0.25, 0.3) is 0 Å². The van der Waals surface area contributed by atoms with Gasteiger partial charge in [-0.05, 0) is 11.0 Å². The first-order chi connectivity index (χ1) is 12.0. The molecule has 3 N–H and O–H groups in total. The molecule has 1 saturated heterocycles. The maximum Gasteiger partial charge on any atom is 0.103 e. The minimum atomic E-state index is 0.247. The van der Waals surface area contributed by atoms with Crippen LogP contribution in [0.15, 0.2) is 54.6 Å². The van der Waals surface area contributed by atoms with Gasteiger partial charge < -0.3 is 10.2 Å². The van der Waals surface area contributed by atoms with E-state index in [0.29, 0.717) is 0 Å². The molecule has 0 radical (unpaired) electrons. The van der Waals surface area contributed by atoms with E-state index in [1.807, 2.05) is 0 Å². The monoisotopic (exact) mass is 338 g/mol. The summed E-state index contributed by atoms with van der Waals surface area (Å²) in [6.45, 7) is 11.7. The average molecular weight is 339 g/mol. The molecule has 134 valence electrons. The number of nitrogens with two attached hydrogens (primary N) is 1. The first-order valence-electron chi connectivity index (χ1n) is 9.81. The van der Waals surface area contributed by atoms with E-state index in [1.54, 1.807) is 4.90 Å². The zero-order valence-electron chi connectivity index (χ0n) is 16.1. The number of hydrogen-bond donors (Lipinski definition) is 2. The van der Waals surface area contributed by atoms with Gasteiger partial charge in [-0.15, -0.1) is 0 Å². The second kappa shape index (κ2) is 8.16. The summed E-state index contributed by atoms with van der Waals surface area (Å²) >= 11 is 0. The first kappa shape index (κ1) is 18.2. The van der Waals surface area contributed by atoms with Crippen LogP contribution in [0.1, 0.15) is 50.3 Å². The molecule has 1 aliphatic heterocycles. The van der Waals surface area contributed by atoms with Crippen LogP contribution < -0.4 is 10.2 Å². The Morgan fingerprint density at radius 1 is 0.880 bits per heavy atom. The van der Waals surface area contributed by atoms with Crippen molar-refractivity contribution in [2.45, 2.75) is 58.2 Å². The summed E-state index contributed by atoms with van der Waals surface area (Å²) in [6, 6.07) is 20.9. The smallest absolute Gasteiger partial charge is 0.103 e. The van der Waals surface area contributed by atoms with Crippen molar-refractivity contribution < 1.29 is 10.2 Å². The lowest BCUT2D eigenvalue weighted by Crippen LogP contribution is -3.13. The number of piperidine rings is 1. The number of benzene rings is 2. The van der Waals surface area contributed by atoms with E-state index in [4.69, 9.17) is 0 Å². The quantitative estimate of drug-likeness (QED) is 0.835. The summed E-state index contributed by atoms with van der Waals surface area (Å²) < 4.78 is 0. The van der Waals surface area contributed by atoms with Crippen molar-refractivity contribution in [3.63, 3.8) is 0 Å². The van der Waals surface area contributed by atoms with Gasteiger partial charge >= 0.3 is 0 Å². The van der Waals surface area contributed by atoms with E-state index < -0.39 is 0 Å². The molecule has 1 fully saturated rings. The molecule has 2 nitrogen and oxygen atoms in total. The lowest BCUT2D eigenvalue weighted by Gasteiger charge is -2.28. The molecule has 0 spiro atoms. The van der Waals surface area contributed by atoms with Gasteiger partial charge in [0.05, 0.1) is 19.1 Å². The highest BCUT2D eigenvalue weighted by atomic mass is 15.1. The fraction of sp³-hybridized carbons (Fsp3) is 0.478. The number of likely N-dealkylation sites (tertiary alicyclic amines) is 1. The number of quaternary nitrogens is 2. The average Bonchev–Trinajstić information content (AvgIpc) is 2.62. The van der Waals surface area contributed by atoms with Gasteiger partial charge in [-0.2, -0.15) is 0 Å². The van der Waals surface area contributed by atoms with Crippen molar-refractivity contribution >= 4 is 0 Å². The van der Waals surface area contributed by atoms with Crippen molar-refractivity contribution in [2.24, 2.45) is 0 Å². The van der Waals surface area contributed by atoms with E-state index >= 15 is 0 Å². The van der Waals surface area contributed by atoms with E-state index in [-0.39, 0.29) is 5.41 Å². The zero-order valence-corrected chi connectivity index (χ0v) is 16.1. The van der Waals surface area contributed by atoms with Gasteiger partial charge in [0.15, 0.2) is 0 Å². The molecule has 25 heavy (non-hydrogen) atoms. The van der Waals surface area contributed by atoms with Gasteiger partial charge in [-0.1, -0.05) is 75.4 Å². The molecule has 0 saturated carbocycles. The van der Waals surface area contributed by atoms with Crippen LogP contribution in [0, 0.1) is 0 Å². The summed E-state index contributed by atoms with van der Waals surface area (Å²) in [6.07, 6.45) is 2.67. The lowest BCUT2D eigenvalue weighted by molar-refractivity contribution is -0.926. The Labute approximate surface area is 153 Å². The molecule has 1 aliphatic rings. The standard InChI is InChI=1S/C23H32N2/c1-23(2,3)21-11-9-19(10-12-21)17-24-22-13-15-25(16-14-22)18-20-7-5-4-6-8-20/h4-12,22,24H,13-18H2,1-3H3/p+2. The van der Waals surface area contributed by atoms with Crippen LogP contribution in [-0.4, -0.2) is 19.1 Å². The van der Waals surface area contributed by atoms with Gasteiger partial charge in [0.1, 0.15) is 13.1 Å². The van der Waals surface area contributed by atoms with Crippen LogP contribution >= 0.6 is 0 Å². The topological polar surface area (TPSA) is 21.1 Å². The zero-order chi connectivity index (χ0) is 17.7. The van der Waals surface area contributed by atoms with E-state index in [1.165, 1.54) is 49.2 Å². The van der Waals surface area contributed by atoms with Crippen molar-refractivity contribution in [1.82, 2.24) is 0 Å². The van der Waals surface area contributed by atoms with Crippen LogP contribution in [-0.2, 0) is 18.5 Å². The third-order valence-corrected chi connectivity index (χ3v) is 5.54. The minimum Gasteiger partial charge on any atom is -0.340 e. The number of rotatable bonds is 5. The van der Waals surface area contributed by atoms with E-state index in [9.17, 15) is 0 Å². The molecule has 0 atom stereocenters. The Kier molecular flexibility index (Phi) is 5.93. The second-order valence-electron chi connectivity index (χ2n) is 8.64. The Bertz CT molecular complexity index is 632. The molecule has 0 aliphatic carbocycles. The SMILES string of the molecule is CC(C)(C)c1ccc(C[NH2+]C2CC[NH+](Cc3ccccc3)CC2)cc1. The van der Waals surface area contributed by atoms with Gasteiger partial charge in [-0.25, -0.2) is 0 Å². The molecule has 3 rings (SSSR count). The molecular formula is C23H34N2+2. The second-order valence-corrected chi connectivity index (χ2v) is 8.64. The van der Waals surface area contributed by atoms with E-state index in [0.717, 1.165) is 12.6 Å². The number of hydrogen-bond acceptors (Lipinski definition) is 0. The maximum absolute atomic E-state index is 2.56. The highest BCUT2D eigenvalue weighted by molar-refractivity contribution is 5.27. The van der Waals surface area contributed by atoms with Crippen molar-refractivity contribution in [3.05, 3.63) is 71.3 Å². The summed E-state index contributed by atoms with van der Waals surface area (Å²) in [5, 5.41) is 2.56. The fourth-order valence-electron chi connectivity index (χ4n) is 3.79. The highest BCUT2D eigenvalue weighted by Crippen LogP contribution is 2.21. The van der Waals surface area contributed by atoms with Crippen molar-refractivity contribution in [2.75, 3.05) is 13.1 Å². The number of nitrogens with one attached hydrogen (secondary N) is 1. The van der Waals surface area contributed by atoms with Gasteiger partial charge in [0, 0.05) is 24.0 Å².